The Labute approximate surface area is 164 Å². The number of hydrogen-bond acceptors (Lipinski definition) is 5. The van der Waals surface area contributed by atoms with E-state index in [-0.39, 0.29) is 0 Å². The highest BCUT2D eigenvalue weighted by Crippen LogP contribution is 2.35. The highest BCUT2D eigenvalue weighted by molar-refractivity contribution is 5.38. The summed E-state index contributed by atoms with van der Waals surface area (Å²) in [6.45, 7) is 11.9. The lowest BCUT2D eigenvalue weighted by Crippen LogP contribution is -2.49. The molecule has 0 bridgehead atoms. The Kier molecular flexibility index (Phi) is 7.50. The summed E-state index contributed by atoms with van der Waals surface area (Å²) in [7, 11) is 0. The maximum atomic E-state index is 10.5. The van der Waals surface area contributed by atoms with E-state index in [0.717, 1.165) is 44.3 Å². The molecule has 2 aliphatic rings. The van der Waals surface area contributed by atoms with E-state index in [1.165, 1.54) is 12.8 Å². The molecule has 152 valence electrons. The predicted molar refractivity (Wildman–Crippen MR) is 110 cm³/mol. The lowest BCUT2D eigenvalue weighted by atomic mass is 9.75. The number of aliphatic hydroxyl groups excluding tert-OH is 1. The second-order valence-corrected chi connectivity index (χ2v) is 8.83. The molecule has 1 aliphatic carbocycles. The van der Waals surface area contributed by atoms with Crippen molar-refractivity contribution in [3.63, 3.8) is 0 Å². The number of anilines is 1. The van der Waals surface area contributed by atoms with E-state index >= 15 is 0 Å². The number of aromatic nitrogens is 1. The summed E-state index contributed by atoms with van der Waals surface area (Å²) < 4.78 is 6.22. The average molecular weight is 376 g/mol. The predicted octanol–water partition coefficient (Wildman–Crippen LogP) is 3.04. The third-order valence-corrected chi connectivity index (χ3v) is 6.28. The smallest absolute Gasteiger partial charge is 0.128 e. The number of ether oxygens (including phenoxy) is 1. The van der Waals surface area contributed by atoms with E-state index in [0.29, 0.717) is 31.1 Å². The number of pyridine rings is 1. The van der Waals surface area contributed by atoms with Crippen molar-refractivity contribution in [3.8, 4) is 0 Å². The lowest BCUT2D eigenvalue weighted by Gasteiger charge is -2.38. The molecule has 27 heavy (non-hydrogen) atoms. The molecule has 4 atom stereocenters. The molecule has 1 aliphatic heterocycles. The Hall–Kier alpha value is -1.17. The van der Waals surface area contributed by atoms with Crippen molar-refractivity contribution in [2.45, 2.75) is 52.2 Å². The second-order valence-electron chi connectivity index (χ2n) is 8.83. The first kappa shape index (κ1) is 20.6. The summed E-state index contributed by atoms with van der Waals surface area (Å²) in [6.07, 6.45) is 5.46. The van der Waals surface area contributed by atoms with Crippen LogP contribution in [0.3, 0.4) is 0 Å². The maximum Gasteiger partial charge on any atom is 0.128 e. The number of nitrogens with zero attached hydrogens (tertiary/aromatic N) is 3. The van der Waals surface area contributed by atoms with Crippen LogP contribution in [0.2, 0.25) is 0 Å². The molecule has 3 rings (SSSR count). The Bertz CT molecular complexity index is 546. The zero-order chi connectivity index (χ0) is 19.2. The van der Waals surface area contributed by atoms with Crippen LogP contribution in [0.5, 0.6) is 0 Å². The van der Waals surface area contributed by atoms with E-state index in [1.807, 2.05) is 18.3 Å². The van der Waals surface area contributed by atoms with Crippen LogP contribution in [-0.2, 0) is 4.74 Å². The lowest BCUT2D eigenvalue weighted by molar-refractivity contribution is -0.0740. The van der Waals surface area contributed by atoms with Gasteiger partial charge in [-0.2, -0.15) is 0 Å². The number of hydrogen-bond donors (Lipinski definition) is 1. The minimum Gasteiger partial charge on any atom is -0.389 e. The highest BCUT2D eigenvalue weighted by atomic mass is 16.5. The van der Waals surface area contributed by atoms with Gasteiger partial charge in [0.15, 0.2) is 0 Å². The third kappa shape index (κ3) is 5.90. The number of piperazine rings is 1. The molecular formula is C22H37N3O2. The van der Waals surface area contributed by atoms with Gasteiger partial charge in [-0.3, -0.25) is 4.90 Å². The fourth-order valence-corrected chi connectivity index (χ4v) is 4.59. The minimum atomic E-state index is -0.406. The fourth-order valence-electron chi connectivity index (χ4n) is 4.59. The van der Waals surface area contributed by atoms with Crippen LogP contribution in [0.15, 0.2) is 24.4 Å². The number of aliphatic hydroxyl groups is 1. The zero-order valence-electron chi connectivity index (χ0n) is 17.3. The second kappa shape index (κ2) is 9.85. The van der Waals surface area contributed by atoms with Gasteiger partial charge in [0.1, 0.15) is 5.82 Å². The molecule has 1 saturated carbocycles. The fraction of sp³-hybridized carbons (Fsp3) is 0.773. The number of rotatable bonds is 7. The first-order valence-electron chi connectivity index (χ1n) is 10.7. The molecule has 5 heteroatoms. The summed E-state index contributed by atoms with van der Waals surface area (Å²) in [5, 5.41) is 10.5. The summed E-state index contributed by atoms with van der Waals surface area (Å²) in [4.78, 5) is 9.09. The molecule has 1 N–H and O–H groups in total. The van der Waals surface area contributed by atoms with Gasteiger partial charge in [-0.1, -0.05) is 33.3 Å². The molecule has 2 heterocycles. The Morgan fingerprint density at radius 2 is 1.96 bits per heavy atom. The Morgan fingerprint density at radius 3 is 2.63 bits per heavy atom. The molecule has 0 radical (unpaired) electrons. The zero-order valence-corrected chi connectivity index (χ0v) is 17.3. The van der Waals surface area contributed by atoms with E-state index < -0.39 is 6.10 Å². The van der Waals surface area contributed by atoms with Crippen LogP contribution in [0.4, 0.5) is 5.82 Å². The quantitative estimate of drug-likeness (QED) is 0.794. The van der Waals surface area contributed by atoms with Crippen molar-refractivity contribution >= 4 is 5.82 Å². The van der Waals surface area contributed by atoms with E-state index in [9.17, 15) is 5.11 Å². The highest BCUT2D eigenvalue weighted by Gasteiger charge is 2.32. The van der Waals surface area contributed by atoms with Crippen molar-refractivity contribution in [2.75, 3.05) is 44.2 Å². The summed E-state index contributed by atoms with van der Waals surface area (Å²) in [5.74, 6) is 3.07. The van der Waals surface area contributed by atoms with Crippen molar-refractivity contribution in [1.29, 1.82) is 0 Å². The first-order valence-corrected chi connectivity index (χ1v) is 10.7. The topological polar surface area (TPSA) is 48.8 Å². The van der Waals surface area contributed by atoms with Gasteiger partial charge >= 0.3 is 0 Å². The Balaban J connectivity index is 1.40. The van der Waals surface area contributed by atoms with Crippen LogP contribution in [-0.4, -0.2) is 66.5 Å². The van der Waals surface area contributed by atoms with E-state index in [1.54, 1.807) is 0 Å². The van der Waals surface area contributed by atoms with Gasteiger partial charge in [0.25, 0.3) is 0 Å². The minimum absolute atomic E-state index is 0.310. The monoisotopic (exact) mass is 375 g/mol. The normalized spacial score (nSPS) is 28.5. The first-order chi connectivity index (χ1) is 13.0. The van der Waals surface area contributed by atoms with E-state index in [4.69, 9.17) is 4.74 Å². The molecule has 1 saturated heterocycles. The molecule has 2 fully saturated rings. The average Bonchev–Trinajstić information content (AvgIpc) is 2.67. The molecule has 5 nitrogen and oxygen atoms in total. The van der Waals surface area contributed by atoms with Crippen molar-refractivity contribution in [3.05, 3.63) is 24.4 Å². The standard InChI is InChI=1S/C22H37N3O2/c1-17(2)20-8-7-18(3)14-21(20)27-16-19(26)15-24-10-12-25(13-11-24)22-6-4-5-9-23-22/h4-6,9,17-21,26H,7-8,10-16H2,1-3H3/t18-,19+,20+,21+/m0/s1. The molecule has 1 aromatic rings. The molecule has 0 unspecified atom stereocenters. The molecule has 0 amide bonds. The molecule has 0 spiro atoms. The van der Waals surface area contributed by atoms with Crippen molar-refractivity contribution in [2.24, 2.45) is 17.8 Å². The van der Waals surface area contributed by atoms with E-state index in [2.05, 4.69) is 41.6 Å². The van der Waals surface area contributed by atoms with Gasteiger partial charge in [0.2, 0.25) is 0 Å². The SMILES string of the molecule is CC(C)[C@H]1CC[C@H](C)C[C@H]1OC[C@H](O)CN1CCN(c2ccccn2)CC1. The third-order valence-electron chi connectivity index (χ3n) is 6.28. The van der Waals surface area contributed by atoms with Crippen molar-refractivity contribution < 1.29 is 9.84 Å². The van der Waals surface area contributed by atoms with Gasteiger partial charge < -0.3 is 14.7 Å². The Morgan fingerprint density at radius 1 is 1.19 bits per heavy atom. The maximum absolute atomic E-state index is 10.5. The van der Waals surface area contributed by atoms with Crippen molar-refractivity contribution in [1.82, 2.24) is 9.88 Å². The molecule has 1 aromatic heterocycles. The van der Waals surface area contributed by atoms with Gasteiger partial charge in [-0.05, 0) is 42.7 Å². The van der Waals surface area contributed by atoms with Crippen LogP contribution in [0.25, 0.3) is 0 Å². The van der Waals surface area contributed by atoms with Gasteiger partial charge in [-0.15, -0.1) is 0 Å². The van der Waals surface area contributed by atoms with Gasteiger partial charge in [-0.25, -0.2) is 4.98 Å². The van der Waals surface area contributed by atoms with Gasteiger partial charge in [0.05, 0.1) is 18.8 Å². The largest absolute Gasteiger partial charge is 0.389 e. The van der Waals surface area contributed by atoms with Crippen LogP contribution in [0, 0.1) is 17.8 Å². The van der Waals surface area contributed by atoms with Crippen LogP contribution < -0.4 is 4.90 Å². The van der Waals surface area contributed by atoms with Crippen LogP contribution >= 0.6 is 0 Å². The molecule has 0 aromatic carbocycles. The summed E-state index contributed by atoms with van der Waals surface area (Å²) in [5.41, 5.74) is 0. The summed E-state index contributed by atoms with van der Waals surface area (Å²) >= 11 is 0. The summed E-state index contributed by atoms with van der Waals surface area (Å²) in [6, 6.07) is 6.05. The van der Waals surface area contributed by atoms with Crippen LogP contribution in [0.1, 0.15) is 40.0 Å². The molecular weight excluding hydrogens is 338 g/mol. The number of β-amino-alcohol motifs (C(OH)–C–C–N with tert-alkyl or cyclic N) is 1. The van der Waals surface area contributed by atoms with Gasteiger partial charge in [0, 0.05) is 38.9 Å².